The standard InChI is InChI=1S/C15H12F3N3S/c1-10-9-22-14(20-10)21-6-5-19-8-13(21)11-3-2-4-12(7-11)15(16,17)18/h2-5,7-9H,6H2,1H3. The maximum Gasteiger partial charge on any atom is 0.416 e. The third-order valence-corrected chi connectivity index (χ3v) is 4.16. The van der Waals surface area contributed by atoms with Gasteiger partial charge in [-0.2, -0.15) is 13.2 Å². The van der Waals surface area contributed by atoms with E-state index in [0.717, 1.165) is 23.0 Å². The molecular weight excluding hydrogens is 311 g/mol. The minimum Gasteiger partial charge on any atom is -0.310 e. The summed E-state index contributed by atoms with van der Waals surface area (Å²) in [5.41, 5.74) is 1.30. The Kier molecular flexibility index (Phi) is 3.74. The Labute approximate surface area is 129 Å². The molecule has 0 spiro atoms. The molecule has 0 bridgehead atoms. The number of hydrogen-bond acceptors (Lipinski definition) is 4. The second kappa shape index (κ2) is 5.57. The van der Waals surface area contributed by atoms with Gasteiger partial charge in [0, 0.05) is 17.2 Å². The summed E-state index contributed by atoms with van der Waals surface area (Å²) in [5.74, 6) is 0. The monoisotopic (exact) mass is 323 g/mol. The molecule has 2 aromatic rings. The molecule has 1 aromatic carbocycles. The van der Waals surface area contributed by atoms with Crippen LogP contribution in [0.2, 0.25) is 0 Å². The third-order valence-electron chi connectivity index (χ3n) is 3.18. The molecule has 0 unspecified atom stereocenters. The van der Waals surface area contributed by atoms with E-state index in [1.165, 1.54) is 17.4 Å². The van der Waals surface area contributed by atoms with Gasteiger partial charge in [0.05, 0.1) is 29.7 Å². The summed E-state index contributed by atoms with van der Waals surface area (Å²) in [4.78, 5) is 10.3. The van der Waals surface area contributed by atoms with Gasteiger partial charge >= 0.3 is 6.18 Å². The number of thiazole rings is 1. The Morgan fingerprint density at radius 2 is 2.09 bits per heavy atom. The van der Waals surface area contributed by atoms with Crippen molar-refractivity contribution in [1.82, 2.24) is 4.98 Å². The lowest BCUT2D eigenvalue weighted by Crippen LogP contribution is -2.26. The highest BCUT2D eigenvalue weighted by molar-refractivity contribution is 7.13. The molecule has 2 heterocycles. The van der Waals surface area contributed by atoms with Crippen molar-refractivity contribution in [1.29, 1.82) is 0 Å². The van der Waals surface area contributed by atoms with Gasteiger partial charge in [-0.15, -0.1) is 11.3 Å². The van der Waals surface area contributed by atoms with Crippen LogP contribution in [0, 0.1) is 6.92 Å². The molecule has 0 amide bonds. The lowest BCUT2D eigenvalue weighted by molar-refractivity contribution is -0.137. The van der Waals surface area contributed by atoms with Crippen LogP contribution >= 0.6 is 11.3 Å². The van der Waals surface area contributed by atoms with E-state index in [1.54, 1.807) is 18.5 Å². The topological polar surface area (TPSA) is 28.5 Å². The fourth-order valence-electron chi connectivity index (χ4n) is 2.15. The van der Waals surface area contributed by atoms with Gasteiger partial charge in [0.25, 0.3) is 0 Å². The first kappa shape index (κ1) is 14.8. The zero-order valence-corrected chi connectivity index (χ0v) is 12.4. The van der Waals surface area contributed by atoms with Crippen LogP contribution in [-0.2, 0) is 6.18 Å². The van der Waals surface area contributed by atoms with E-state index in [0.29, 0.717) is 17.8 Å². The van der Waals surface area contributed by atoms with Crippen molar-refractivity contribution >= 4 is 28.4 Å². The number of aryl methyl sites for hydroxylation is 1. The molecule has 3 nitrogen and oxygen atoms in total. The zero-order chi connectivity index (χ0) is 15.7. The van der Waals surface area contributed by atoms with Gasteiger partial charge in [-0.05, 0) is 19.1 Å². The van der Waals surface area contributed by atoms with E-state index in [9.17, 15) is 13.2 Å². The van der Waals surface area contributed by atoms with E-state index in [-0.39, 0.29) is 0 Å². The molecule has 1 aromatic heterocycles. The van der Waals surface area contributed by atoms with Gasteiger partial charge in [0.15, 0.2) is 5.13 Å². The summed E-state index contributed by atoms with van der Waals surface area (Å²) in [7, 11) is 0. The largest absolute Gasteiger partial charge is 0.416 e. The van der Waals surface area contributed by atoms with E-state index < -0.39 is 11.7 Å². The molecule has 114 valence electrons. The number of nitrogens with zero attached hydrogens (tertiary/aromatic N) is 3. The molecule has 1 aliphatic rings. The summed E-state index contributed by atoms with van der Waals surface area (Å²) in [6.45, 7) is 2.36. The van der Waals surface area contributed by atoms with Crippen LogP contribution < -0.4 is 4.90 Å². The summed E-state index contributed by atoms with van der Waals surface area (Å²) < 4.78 is 38.7. The van der Waals surface area contributed by atoms with Crippen LogP contribution in [0.4, 0.5) is 18.3 Å². The van der Waals surface area contributed by atoms with Crippen LogP contribution in [0.1, 0.15) is 16.8 Å². The molecule has 0 saturated heterocycles. The molecular formula is C15H12F3N3S. The molecule has 1 aliphatic heterocycles. The number of alkyl halides is 3. The lowest BCUT2D eigenvalue weighted by Gasteiger charge is -2.25. The van der Waals surface area contributed by atoms with Crippen LogP contribution in [0.3, 0.4) is 0 Å². The highest BCUT2D eigenvalue weighted by Crippen LogP contribution is 2.34. The maximum atomic E-state index is 12.9. The van der Waals surface area contributed by atoms with Crippen molar-refractivity contribution < 1.29 is 13.2 Å². The van der Waals surface area contributed by atoms with Gasteiger partial charge in [-0.3, -0.25) is 4.99 Å². The second-order valence-corrected chi connectivity index (χ2v) is 5.64. The summed E-state index contributed by atoms with van der Waals surface area (Å²) >= 11 is 1.45. The summed E-state index contributed by atoms with van der Waals surface area (Å²) in [6.07, 6.45) is -1.10. The molecule has 7 heteroatoms. The molecule has 0 atom stereocenters. The van der Waals surface area contributed by atoms with Gasteiger partial charge < -0.3 is 4.90 Å². The number of aliphatic imine (C=N–C) groups is 1. The van der Waals surface area contributed by atoms with Gasteiger partial charge in [0.1, 0.15) is 0 Å². The highest BCUT2D eigenvalue weighted by atomic mass is 32.1. The fourth-order valence-corrected chi connectivity index (χ4v) is 2.98. The first-order valence-electron chi connectivity index (χ1n) is 6.54. The fraction of sp³-hybridized carbons (Fsp3) is 0.200. The van der Waals surface area contributed by atoms with E-state index >= 15 is 0 Å². The minimum absolute atomic E-state index is 0.472. The average molecular weight is 323 g/mol. The predicted molar refractivity (Wildman–Crippen MR) is 82.1 cm³/mol. The quantitative estimate of drug-likeness (QED) is 0.821. The Hall–Kier alpha value is -2.15. The first-order chi connectivity index (χ1) is 10.4. The van der Waals surface area contributed by atoms with Crippen LogP contribution in [-0.4, -0.2) is 17.7 Å². The van der Waals surface area contributed by atoms with Crippen molar-refractivity contribution in [2.45, 2.75) is 13.1 Å². The Bertz CT molecular complexity index is 746. The molecule has 0 aliphatic carbocycles. The SMILES string of the molecule is Cc1csc(N2CC=NC=C2c2cccc(C(F)(F)F)c2)n1. The first-order valence-corrected chi connectivity index (χ1v) is 7.42. The number of halogens is 3. The number of aromatic nitrogens is 1. The predicted octanol–water partition coefficient (Wildman–Crippen LogP) is 4.36. The lowest BCUT2D eigenvalue weighted by atomic mass is 10.1. The zero-order valence-electron chi connectivity index (χ0n) is 11.6. The van der Waals surface area contributed by atoms with Gasteiger partial charge in [0.2, 0.25) is 0 Å². The van der Waals surface area contributed by atoms with E-state index in [4.69, 9.17) is 0 Å². The summed E-state index contributed by atoms with van der Waals surface area (Å²) in [5, 5.41) is 2.65. The maximum absolute atomic E-state index is 12.9. The molecule has 3 rings (SSSR count). The Morgan fingerprint density at radius 3 is 2.77 bits per heavy atom. The number of anilines is 1. The molecule has 0 fully saturated rings. The van der Waals surface area contributed by atoms with Gasteiger partial charge in [-0.1, -0.05) is 12.1 Å². The van der Waals surface area contributed by atoms with Crippen molar-refractivity contribution in [3.8, 4) is 0 Å². The Balaban J connectivity index is 2.01. The molecule has 0 radical (unpaired) electrons. The van der Waals surface area contributed by atoms with Crippen molar-refractivity contribution in [2.75, 3.05) is 11.4 Å². The van der Waals surface area contributed by atoms with Crippen LogP contribution in [0.15, 0.2) is 40.8 Å². The minimum atomic E-state index is -4.36. The normalized spacial score (nSPS) is 15.1. The average Bonchev–Trinajstić information content (AvgIpc) is 2.93. The smallest absolute Gasteiger partial charge is 0.310 e. The molecule has 0 saturated carbocycles. The Morgan fingerprint density at radius 1 is 1.27 bits per heavy atom. The van der Waals surface area contributed by atoms with Crippen molar-refractivity contribution in [3.05, 3.63) is 52.7 Å². The number of rotatable bonds is 2. The van der Waals surface area contributed by atoms with Gasteiger partial charge in [-0.25, -0.2) is 4.98 Å². The number of benzene rings is 1. The third kappa shape index (κ3) is 2.89. The second-order valence-electron chi connectivity index (χ2n) is 4.81. The molecule has 22 heavy (non-hydrogen) atoms. The van der Waals surface area contributed by atoms with Crippen LogP contribution in [0.25, 0.3) is 5.70 Å². The molecule has 0 N–H and O–H groups in total. The van der Waals surface area contributed by atoms with Crippen molar-refractivity contribution in [3.63, 3.8) is 0 Å². The van der Waals surface area contributed by atoms with Crippen molar-refractivity contribution in [2.24, 2.45) is 4.99 Å². The summed E-state index contributed by atoms with van der Waals surface area (Å²) in [6, 6.07) is 5.26. The van der Waals surface area contributed by atoms with Crippen LogP contribution in [0.5, 0.6) is 0 Å². The van der Waals surface area contributed by atoms with E-state index in [2.05, 4.69) is 9.98 Å². The number of hydrogen-bond donors (Lipinski definition) is 0. The highest BCUT2D eigenvalue weighted by Gasteiger charge is 2.31. The van der Waals surface area contributed by atoms with E-state index in [1.807, 2.05) is 17.2 Å².